The van der Waals surface area contributed by atoms with Crippen LogP contribution in [0.3, 0.4) is 0 Å². The lowest BCUT2D eigenvalue weighted by Crippen LogP contribution is -2.39. The number of fused-ring (bicyclic) bond motifs is 1. The van der Waals surface area contributed by atoms with Gasteiger partial charge in [-0.1, -0.05) is 30.4 Å². The van der Waals surface area contributed by atoms with Crippen molar-refractivity contribution in [3.63, 3.8) is 0 Å². The Hall–Kier alpha value is -2.52. The summed E-state index contributed by atoms with van der Waals surface area (Å²) in [6, 6.07) is 6.07. The van der Waals surface area contributed by atoms with Gasteiger partial charge in [0.15, 0.2) is 5.82 Å². The molecule has 0 unspecified atom stereocenters. The Morgan fingerprint density at radius 1 is 1.41 bits per heavy atom. The second-order valence-corrected chi connectivity index (χ2v) is 8.17. The van der Waals surface area contributed by atoms with Crippen molar-refractivity contribution < 1.29 is 19.0 Å². The van der Waals surface area contributed by atoms with Gasteiger partial charge in [0.2, 0.25) is 10.8 Å². The highest BCUT2D eigenvalue weighted by molar-refractivity contribution is 7.17. The lowest BCUT2D eigenvalue weighted by atomic mass is 9.93. The number of rotatable bonds is 5. The fourth-order valence-corrected chi connectivity index (χ4v) is 5.02. The number of methoxy groups -OCH3 is 1. The van der Waals surface area contributed by atoms with Crippen molar-refractivity contribution in [2.24, 2.45) is 5.92 Å². The van der Waals surface area contributed by atoms with E-state index in [0.717, 1.165) is 5.56 Å². The second-order valence-electron chi connectivity index (χ2n) is 7.16. The molecule has 3 heterocycles. The van der Waals surface area contributed by atoms with Crippen molar-refractivity contribution in [1.29, 1.82) is 0 Å². The summed E-state index contributed by atoms with van der Waals surface area (Å²) in [7, 11) is 1.40. The molecule has 0 bridgehead atoms. The molecule has 0 spiro atoms. The zero-order valence-electron chi connectivity index (χ0n) is 16.3. The number of aryl methyl sites for hydroxylation is 1. The first-order chi connectivity index (χ1) is 14.0. The molecule has 0 radical (unpaired) electrons. The molecule has 3 aromatic rings. The molecule has 1 aromatic carbocycles. The van der Waals surface area contributed by atoms with Crippen LogP contribution in [0.4, 0.5) is 4.39 Å². The minimum atomic E-state index is -0.345. The maximum absolute atomic E-state index is 14.0. The van der Waals surface area contributed by atoms with E-state index in [1.165, 1.54) is 35.1 Å². The van der Waals surface area contributed by atoms with Gasteiger partial charge in [0, 0.05) is 6.42 Å². The maximum atomic E-state index is 14.0. The van der Waals surface area contributed by atoms with Gasteiger partial charge in [0.05, 0.1) is 23.9 Å². The Balaban J connectivity index is 1.71. The van der Waals surface area contributed by atoms with Crippen molar-refractivity contribution in [2.45, 2.75) is 32.2 Å². The topological polar surface area (TPSA) is 80.0 Å². The van der Waals surface area contributed by atoms with Crippen LogP contribution in [0.1, 0.15) is 42.1 Å². The first-order valence-corrected chi connectivity index (χ1v) is 10.5. The minimum Gasteiger partial charge on any atom is -0.492 e. The highest BCUT2D eigenvalue weighted by Gasteiger charge is 2.34. The smallest absolute Gasteiger partial charge is 0.308 e. The molecule has 1 aliphatic heterocycles. The van der Waals surface area contributed by atoms with E-state index in [0.29, 0.717) is 48.0 Å². The normalized spacial score (nSPS) is 16.9. The third-order valence-electron chi connectivity index (χ3n) is 5.40. The fourth-order valence-electron chi connectivity index (χ4n) is 3.88. The van der Waals surface area contributed by atoms with Gasteiger partial charge in [-0.25, -0.2) is 9.37 Å². The molecule has 1 N–H and O–H groups in total. The average Bonchev–Trinajstić information content (AvgIpc) is 3.27. The zero-order valence-corrected chi connectivity index (χ0v) is 17.2. The van der Waals surface area contributed by atoms with E-state index >= 15 is 0 Å². The Bertz CT molecular complexity index is 1030. The number of ether oxygens (including phenoxy) is 1. The average molecular weight is 418 g/mol. The number of carbonyl (C=O) groups excluding carboxylic acids is 1. The molecule has 0 amide bonds. The van der Waals surface area contributed by atoms with Crippen molar-refractivity contribution in [1.82, 2.24) is 19.5 Å². The molecule has 1 saturated heterocycles. The van der Waals surface area contributed by atoms with Crippen molar-refractivity contribution >= 4 is 22.3 Å². The summed E-state index contributed by atoms with van der Waals surface area (Å²) < 4.78 is 20.3. The number of carbonyl (C=O) groups is 1. The molecule has 1 fully saturated rings. The van der Waals surface area contributed by atoms with Crippen LogP contribution in [0.2, 0.25) is 0 Å². The molecule has 7 nitrogen and oxygen atoms in total. The summed E-state index contributed by atoms with van der Waals surface area (Å²) in [4.78, 5) is 19.8. The third kappa shape index (κ3) is 3.72. The third-order valence-corrected chi connectivity index (χ3v) is 6.47. The van der Waals surface area contributed by atoms with Gasteiger partial charge in [0.25, 0.3) is 0 Å². The van der Waals surface area contributed by atoms with Gasteiger partial charge in [-0.3, -0.25) is 9.69 Å². The van der Waals surface area contributed by atoms with Crippen molar-refractivity contribution in [3.8, 4) is 5.88 Å². The number of aromatic hydroxyl groups is 1. The van der Waals surface area contributed by atoms with Gasteiger partial charge in [-0.2, -0.15) is 4.52 Å². The number of benzene rings is 1. The molecule has 0 saturated carbocycles. The minimum absolute atomic E-state index is 0.0292. The van der Waals surface area contributed by atoms with E-state index < -0.39 is 0 Å². The van der Waals surface area contributed by atoms with E-state index in [4.69, 9.17) is 4.74 Å². The van der Waals surface area contributed by atoms with Gasteiger partial charge >= 0.3 is 5.97 Å². The monoisotopic (exact) mass is 418 g/mol. The Labute approximate surface area is 171 Å². The molecule has 4 rings (SSSR count). The van der Waals surface area contributed by atoms with Gasteiger partial charge < -0.3 is 9.84 Å². The number of thiazole rings is 1. The van der Waals surface area contributed by atoms with Crippen LogP contribution in [0, 0.1) is 11.7 Å². The van der Waals surface area contributed by atoms with Crippen LogP contribution < -0.4 is 0 Å². The summed E-state index contributed by atoms with van der Waals surface area (Å²) >= 11 is 1.36. The molecule has 29 heavy (non-hydrogen) atoms. The van der Waals surface area contributed by atoms with Crippen LogP contribution >= 0.6 is 11.3 Å². The standard InChI is InChI=1S/C20H23FN4O3S/c1-3-15-22-20-25(23-15)18(26)17(29-20)16(13-5-4-6-14(21)11-13)24-9-7-12(8-10-24)19(27)28-2/h4-6,11-12,16,26H,3,7-10H2,1-2H3/t16-/m1/s1. The molecule has 154 valence electrons. The second kappa shape index (κ2) is 8.08. The summed E-state index contributed by atoms with van der Waals surface area (Å²) in [5, 5.41) is 15.2. The Kier molecular flexibility index (Phi) is 5.51. The first kappa shape index (κ1) is 19.8. The van der Waals surface area contributed by atoms with Crippen molar-refractivity contribution in [3.05, 3.63) is 46.3 Å². The first-order valence-electron chi connectivity index (χ1n) is 9.66. The van der Waals surface area contributed by atoms with Gasteiger partial charge in [-0.05, 0) is 43.6 Å². The summed E-state index contributed by atoms with van der Waals surface area (Å²) in [5.74, 6) is 0.0399. The Morgan fingerprint density at radius 3 is 2.79 bits per heavy atom. The number of hydrogen-bond donors (Lipinski definition) is 1. The number of esters is 1. The predicted molar refractivity (Wildman–Crippen MR) is 106 cm³/mol. The Morgan fingerprint density at radius 2 is 2.17 bits per heavy atom. The highest BCUT2D eigenvalue weighted by atomic mass is 32.1. The molecular formula is C20H23FN4O3S. The molecular weight excluding hydrogens is 395 g/mol. The SMILES string of the molecule is CCc1nc2sc([C@@H](c3cccc(F)c3)N3CCC(C(=O)OC)CC3)c(O)n2n1. The molecule has 1 aliphatic rings. The molecule has 9 heteroatoms. The summed E-state index contributed by atoms with van der Waals surface area (Å²) in [6.07, 6.45) is 1.98. The van der Waals surface area contributed by atoms with Gasteiger partial charge in [0.1, 0.15) is 5.82 Å². The fraction of sp³-hybridized carbons (Fsp3) is 0.450. The highest BCUT2D eigenvalue weighted by Crippen LogP contribution is 2.41. The number of aromatic nitrogens is 3. The van der Waals surface area contributed by atoms with Crippen LogP contribution in [-0.4, -0.2) is 50.8 Å². The van der Waals surface area contributed by atoms with Crippen LogP contribution in [0.25, 0.3) is 4.96 Å². The largest absolute Gasteiger partial charge is 0.492 e. The quantitative estimate of drug-likeness (QED) is 0.641. The number of likely N-dealkylation sites (tertiary alicyclic amines) is 1. The van der Waals surface area contributed by atoms with Crippen molar-refractivity contribution in [2.75, 3.05) is 20.2 Å². The summed E-state index contributed by atoms with van der Waals surface area (Å²) in [5.41, 5.74) is 0.747. The van der Waals surface area contributed by atoms with Crippen LogP contribution in [0.15, 0.2) is 24.3 Å². The van der Waals surface area contributed by atoms with E-state index in [-0.39, 0.29) is 29.6 Å². The summed E-state index contributed by atoms with van der Waals surface area (Å²) in [6.45, 7) is 3.22. The zero-order chi connectivity index (χ0) is 20.5. The van der Waals surface area contributed by atoms with Crippen LogP contribution in [-0.2, 0) is 16.0 Å². The lowest BCUT2D eigenvalue weighted by molar-refractivity contribution is -0.147. The van der Waals surface area contributed by atoms with E-state index in [9.17, 15) is 14.3 Å². The number of hydrogen-bond acceptors (Lipinski definition) is 7. The number of halogens is 1. The van der Waals surface area contributed by atoms with E-state index in [2.05, 4.69) is 15.0 Å². The molecule has 0 aliphatic carbocycles. The predicted octanol–water partition coefficient (Wildman–Crippen LogP) is 3.17. The molecule has 1 atom stereocenters. The van der Waals surface area contributed by atoms with E-state index in [1.54, 1.807) is 6.07 Å². The lowest BCUT2D eigenvalue weighted by Gasteiger charge is -2.36. The number of nitrogens with zero attached hydrogens (tertiary/aromatic N) is 4. The number of piperidine rings is 1. The van der Waals surface area contributed by atoms with Crippen LogP contribution in [0.5, 0.6) is 5.88 Å². The maximum Gasteiger partial charge on any atom is 0.308 e. The van der Waals surface area contributed by atoms with E-state index in [1.807, 2.05) is 13.0 Å². The van der Waals surface area contributed by atoms with Gasteiger partial charge in [-0.15, -0.1) is 5.10 Å². The molecule has 2 aromatic heterocycles.